The summed E-state index contributed by atoms with van der Waals surface area (Å²) >= 11 is 0. The van der Waals surface area contributed by atoms with Crippen LogP contribution in [0.2, 0.25) is 0 Å². The molecule has 1 fully saturated rings. The highest BCUT2D eigenvalue weighted by molar-refractivity contribution is 7.91. The van der Waals surface area contributed by atoms with E-state index in [-0.39, 0.29) is 11.7 Å². The summed E-state index contributed by atoms with van der Waals surface area (Å²) in [4.78, 5) is 14.1. The largest absolute Gasteiger partial charge is 0.378 e. The molecule has 1 aliphatic rings. The van der Waals surface area contributed by atoms with Gasteiger partial charge in [-0.2, -0.15) is 0 Å². The number of ether oxygens (including phenoxy) is 1. The summed E-state index contributed by atoms with van der Waals surface area (Å²) in [7, 11) is -3.18. The first-order valence-electron chi connectivity index (χ1n) is 6.70. The molecule has 5 nitrogen and oxygen atoms in total. The maximum Gasteiger partial charge on any atom is 0.227 e. The molecule has 0 aromatic heterocycles. The summed E-state index contributed by atoms with van der Waals surface area (Å²) < 4.78 is 28.6. The maximum atomic E-state index is 12.1. The molecule has 0 radical (unpaired) electrons. The summed E-state index contributed by atoms with van der Waals surface area (Å²) in [5.74, 6) is 0.137. The highest BCUT2D eigenvalue weighted by atomic mass is 32.2. The number of carbonyl (C=O) groups excluding carboxylic acids is 1. The highest BCUT2D eigenvalue weighted by Crippen LogP contribution is 2.13. The Bertz CT molecular complexity index is 559. The zero-order chi connectivity index (χ0) is 14.6. The molecule has 1 heterocycles. The molecule has 1 aromatic carbocycles. The van der Waals surface area contributed by atoms with Crippen LogP contribution in [0, 0.1) is 0 Å². The van der Waals surface area contributed by atoms with Crippen molar-refractivity contribution < 1.29 is 17.9 Å². The quantitative estimate of drug-likeness (QED) is 0.827. The Labute approximate surface area is 119 Å². The van der Waals surface area contributed by atoms with E-state index in [1.165, 1.54) is 0 Å². The number of nitrogens with zero attached hydrogens (tertiary/aromatic N) is 1. The van der Waals surface area contributed by atoms with Crippen LogP contribution in [0.25, 0.3) is 0 Å². The molecule has 0 unspecified atom stereocenters. The normalized spacial score (nSPS) is 16.1. The van der Waals surface area contributed by atoms with Gasteiger partial charge in [0.05, 0.1) is 30.3 Å². The van der Waals surface area contributed by atoms with Crippen LogP contribution in [-0.4, -0.2) is 51.3 Å². The summed E-state index contributed by atoms with van der Waals surface area (Å²) in [5, 5.41) is 0. The molecule has 1 saturated heterocycles. The number of rotatable bonds is 4. The topological polar surface area (TPSA) is 63.7 Å². The van der Waals surface area contributed by atoms with Crippen LogP contribution in [0.3, 0.4) is 0 Å². The smallest absolute Gasteiger partial charge is 0.227 e. The molecule has 6 heteroatoms. The predicted octanol–water partition coefficient (Wildman–Crippen LogP) is 0.881. The van der Waals surface area contributed by atoms with E-state index in [1.54, 1.807) is 36.1 Å². The van der Waals surface area contributed by atoms with E-state index in [9.17, 15) is 13.2 Å². The Balaban J connectivity index is 2.02. The first-order valence-corrected chi connectivity index (χ1v) is 8.35. The molecule has 0 spiro atoms. The van der Waals surface area contributed by atoms with Gasteiger partial charge in [0.1, 0.15) is 0 Å². The van der Waals surface area contributed by atoms with E-state index in [4.69, 9.17) is 4.74 Å². The number of sulfone groups is 1. The molecular formula is C14H19NO4S. The fraction of sp³-hybridized carbons (Fsp3) is 0.500. The number of morpholine rings is 1. The van der Waals surface area contributed by atoms with Crippen LogP contribution in [0.15, 0.2) is 29.2 Å². The van der Waals surface area contributed by atoms with E-state index < -0.39 is 9.84 Å². The fourth-order valence-electron chi connectivity index (χ4n) is 2.08. The molecule has 0 saturated carbocycles. The minimum Gasteiger partial charge on any atom is -0.378 e. The zero-order valence-electron chi connectivity index (χ0n) is 11.5. The summed E-state index contributed by atoms with van der Waals surface area (Å²) in [5.41, 5.74) is 0.830. The van der Waals surface area contributed by atoms with Crippen LogP contribution in [0.4, 0.5) is 0 Å². The minimum absolute atomic E-state index is 0.0550. The molecule has 2 rings (SSSR count). The lowest BCUT2D eigenvalue weighted by Crippen LogP contribution is -2.41. The second-order valence-electron chi connectivity index (χ2n) is 4.72. The average molecular weight is 297 g/mol. The number of amides is 1. The first-order chi connectivity index (χ1) is 9.53. The lowest BCUT2D eigenvalue weighted by atomic mass is 10.1. The lowest BCUT2D eigenvalue weighted by Gasteiger charge is -2.26. The van der Waals surface area contributed by atoms with E-state index in [0.29, 0.717) is 37.6 Å². The molecule has 0 aliphatic carbocycles. The van der Waals surface area contributed by atoms with Crippen molar-refractivity contribution in [1.29, 1.82) is 0 Å². The molecule has 1 aromatic rings. The minimum atomic E-state index is -3.18. The lowest BCUT2D eigenvalue weighted by molar-refractivity contribution is -0.134. The van der Waals surface area contributed by atoms with Gasteiger partial charge in [-0.3, -0.25) is 4.79 Å². The van der Waals surface area contributed by atoms with Crippen LogP contribution >= 0.6 is 0 Å². The van der Waals surface area contributed by atoms with Crippen LogP contribution < -0.4 is 0 Å². The van der Waals surface area contributed by atoms with Crippen molar-refractivity contribution in [3.05, 3.63) is 29.8 Å². The third kappa shape index (κ3) is 3.58. The van der Waals surface area contributed by atoms with Gasteiger partial charge >= 0.3 is 0 Å². The highest BCUT2D eigenvalue weighted by Gasteiger charge is 2.17. The van der Waals surface area contributed by atoms with Crippen molar-refractivity contribution in [2.45, 2.75) is 18.2 Å². The standard InChI is InChI=1S/C14H19NO4S/c1-2-20(17,18)13-5-3-12(4-6-13)11-14(16)15-7-9-19-10-8-15/h3-6H,2,7-11H2,1H3. The van der Waals surface area contributed by atoms with Crippen molar-refractivity contribution in [2.24, 2.45) is 0 Å². The third-order valence-electron chi connectivity index (χ3n) is 3.38. The first kappa shape index (κ1) is 15.0. The Kier molecular flexibility index (Phi) is 4.77. The predicted molar refractivity (Wildman–Crippen MR) is 75.3 cm³/mol. The number of hydrogen-bond acceptors (Lipinski definition) is 4. The van der Waals surface area contributed by atoms with Gasteiger partial charge < -0.3 is 9.64 Å². The van der Waals surface area contributed by atoms with Crippen LogP contribution in [0.1, 0.15) is 12.5 Å². The second kappa shape index (κ2) is 6.37. The molecule has 0 atom stereocenters. The van der Waals surface area contributed by atoms with Gasteiger partial charge in [0.25, 0.3) is 0 Å². The van der Waals surface area contributed by atoms with Crippen molar-refractivity contribution in [3.8, 4) is 0 Å². The Morgan fingerprint density at radius 1 is 1.20 bits per heavy atom. The number of benzene rings is 1. The van der Waals surface area contributed by atoms with Gasteiger partial charge in [-0.15, -0.1) is 0 Å². The Morgan fingerprint density at radius 2 is 1.80 bits per heavy atom. The van der Waals surface area contributed by atoms with Crippen molar-refractivity contribution in [1.82, 2.24) is 4.90 Å². The van der Waals surface area contributed by atoms with Crippen LogP contribution in [-0.2, 0) is 25.8 Å². The van der Waals surface area contributed by atoms with Crippen molar-refractivity contribution >= 4 is 15.7 Å². The van der Waals surface area contributed by atoms with Crippen molar-refractivity contribution in [3.63, 3.8) is 0 Å². The SMILES string of the molecule is CCS(=O)(=O)c1ccc(CC(=O)N2CCOCC2)cc1. The van der Waals surface area contributed by atoms with Crippen LogP contribution in [0.5, 0.6) is 0 Å². The molecule has 110 valence electrons. The fourth-order valence-corrected chi connectivity index (χ4v) is 2.96. The summed E-state index contributed by atoms with van der Waals surface area (Å²) in [6.45, 7) is 4.03. The monoisotopic (exact) mass is 297 g/mol. The second-order valence-corrected chi connectivity index (χ2v) is 7.00. The Morgan fingerprint density at radius 3 is 2.35 bits per heavy atom. The van der Waals surface area contributed by atoms with Gasteiger partial charge in [-0.1, -0.05) is 19.1 Å². The zero-order valence-corrected chi connectivity index (χ0v) is 12.4. The van der Waals surface area contributed by atoms with Gasteiger partial charge in [0.15, 0.2) is 9.84 Å². The average Bonchev–Trinajstić information content (AvgIpc) is 2.48. The van der Waals surface area contributed by atoms with Gasteiger partial charge in [0, 0.05) is 13.1 Å². The van der Waals surface area contributed by atoms with Crippen molar-refractivity contribution in [2.75, 3.05) is 32.1 Å². The number of carbonyl (C=O) groups is 1. The summed E-state index contributed by atoms with van der Waals surface area (Å²) in [6, 6.07) is 6.56. The molecule has 1 aliphatic heterocycles. The van der Waals surface area contributed by atoms with E-state index in [2.05, 4.69) is 0 Å². The molecule has 1 amide bonds. The molecule has 20 heavy (non-hydrogen) atoms. The summed E-state index contributed by atoms with van der Waals surface area (Å²) in [6.07, 6.45) is 0.298. The number of hydrogen-bond donors (Lipinski definition) is 0. The maximum absolute atomic E-state index is 12.1. The third-order valence-corrected chi connectivity index (χ3v) is 5.13. The molecule has 0 bridgehead atoms. The molecule has 0 N–H and O–H groups in total. The van der Waals surface area contributed by atoms with Gasteiger partial charge in [-0.25, -0.2) is 8.42 Å². The van der Waals surface area contributed by atoms with Gasteiger partial charge in [-0.05, 0) is 17.7 Å². The Hall–Kier alpha value is -1.40. The van der Waals surface area contributed by atoms with E-state index >= 15 is 0 Å². The van der Waals surface area contributed by atoms with E-state index in [1.807, 2.05) is 0 Å². The molecular weight excluding hydrogens is 278 g/mol. The van der Waals surface area contributed by atoms with E-state index in [0.717, 1.165) is 5.56 Å². The van der Waals surface area contributed by atoms with Gasteiger partial charge in [0.2, 0.25) is 5.91 Å².